The third-order valence-corrected chi connectivity index (χ3v) is 1.54. The summed E-state index contributed by atoms with van der Waals surface area (Å²) in [6.45, 7) is 0. The number of amides is 1. The molecule has 0 unspecified atom stereocenters. The Hall–Kier alpha value is -0.940. The number of carbonyl (C=O) groups excluding carboxylic acids is 1. The molecule has 1 amide bonds. The van der Waals surface area contributed by atoms with Crippen LogP contribution in [-0.2, 0) is 4.79 Å². The van der Waals surface area contributed by atoms with Gasteiger partial charge in [0.2, 0.25) is 11.5 Å². The normalized spacial score (nSPS) is 9.00. The van der Waals surface area contributed by atoms with Crippen molar-refractivity contribution in [3.8, 4) is 0 Å². The number of rotatable bonds is 2. The zero-order valence-corrected chi connectivity index (χ0v) is 5.34. The summed E-state index contributed by atoms with van der Waals surface area (Å²) < 4.78 is 0. The number of aromatic nitrogens is 1. The van der Waals surface area contributed by atoms with Crippen molar-refractivity contribution in [2.24, 2.45) is 5.84 Å². The fourth-order valence-electron chi connectivity index (χ4n) is 0.389. The van der Waals surface area contributed by atoms with Crippen LogP contribution >= 0.6 is 11.3 Å². The lowest BCUT2D eigenvalue weighted by Crippen LogP contribution is -2.28. The second-order valence-corrected chi connectivity index (χ2v) is 2.20. The van der Waals surface area contributed by atoms with Crippen molar-refractivity contribution in [1.29, 1.82) is 0 Å². The molecule has 0 fully saturated rings. The molecule has 0 saturated carbocycles. The van der Waals surface area contributed by atoms with E-state index in [0.29, 0.717) is 11.5 Å². The van der Waals surface area contributed by atoms with E-state index in [1.165, 1.54) is 11.3 Å². The average Bonchev–Trinajstić information content (AvgIpc) is 2.37. The molecular weight excluding hydrogens is 138 g/mol. The standard InChI is InChI=1S/C4H5N3OS/c5-7(3-8)4-6-1-2-9-4/h1-3H,5H2. The fraction of sp³-hybridized carbons (Fsp3) is 0. The molecule has 5 heteroatoms. The van der Waals surface area contributed by atoms with Gasteiger partial charge in [-0.05, 0) is 0 Å². The Morgan fingerprint density at radius 1 is 1.89 bits per heavy atom. The third-order valence-electron chi connectivity index (χ3n) is 0.754. The predicted octanol–water partition coefficient (Wildman–Crippen LogP) is -0.0204. The molecule has 48 valence electrons. The number of hydrogen-bond donors (Lipinski definition) is 1. The monoisotopic (exact) mass is 143 g/mol. The molecule has 2 N–H and O–H groups in total. The first-order chi connectivity index (χ1) is 4.34. The van der Waals surface area contributed by atoms with Gasteiger partial charge in [-0.3, -0.25) is 4.79 Å². The molecule has 1 rings (SSSR count). The Kier molecular flexibility index (Phi) is 1.76. The number of nitrogens with two attached hydrogens (primary N) is 1. The highest BCUT2D eigenvalue weighted by Crippen LogP contribution is 2.11. The van der Waals surface area contributed by atoms with Crippen molar-refractivity contribution < 1.29 is 4.79 Å². The molecule has 0 aromatic carbocycles. The molecule has 0 saturated heterocycles. The molecule has 1 aromatic rings. The summed E-state index contributed by atoms with van der Waals surface area (Å²) in [5.74, 6) is 5.15. The van der Waals surface area contributed by atoms with Crippen LogP contribution in [0.2, 0.25) is 0 Å². The Morgan fingerprint density at radius 2 is 2.67 bits per heavy atom. The minimum atomic E-state index is 0.505. The van der Waals surface area contributed by atoms with E-state index in [4.69, 9.17) is 5.84 Å². The molecule has 0 aliphatic carbocycles. The van der Waals surface area contributed by atoms with Gasteiger partial charge in [0.25, 0.3) is 0 Å². The van der Waals surface area contributed by atoms with Gasteiger partial charge in [0, 0.05) is 11.6 Å². The summed E-state index contributed by atoms with van der Waals surface area (Å²) in [5.41, 5.74) is 0. The van der Waals surface area contributed by atoms with Gasteiger partial charge in [0.05, 0.1) is 0 Å². The van der Waals surface area contributed by atoms with Gasteiger partial charge in [-0.2, -0.15) is 0 Å². The van der Waals surface area contributed by atoms with E-state index in [9.17, 15) is 4.79 Å². The Balaban J connectivity index is 2.76. The predicted molar refractivity (Wildman–Crippen MR) is 34.8 cm³/mol. The van der Waals surface area contributed by atoms with Crippen LogP contribution in [0.15, 0.2) is 11.6 Å². The number of hydrazine groups is 1. The maximum atomic E-state index is 9.97. The molecule has 0 atom stereocenters. The van der Waals surface area contributed by atoms with Gasteiger partial charge in [-0.1, -0.05) is 0 Å². The molecule has 0 spiro atoms. The molecule has 0 bridgehead atoms. The molecular formula is C4H5N3OS. The molecule has 1 heterocycles. The number of thiazole rings is 1. The number of hydrogen-bond acceptors (Lipinski definition) is 4. The van der Waals surface area contributed by atoms with Crippen LogP contribution in [0.25, 0.3) is 0 Å². The smallest absolute Gasteiger partial charge is 0.230 e. The number of carbonyl (C=O) groups is 1. The van der Waals surface area contributed by atoms with E-state index in [0.717, 1.165) is 5.01 Å². The number of anilines is 1. The van der Waals surface area contributed by atoms with Crippen molar-refractivity contribution >= 4 is 22.9 Å². The minimum absolute atomic E-state index is 0.505. The van der Waals surface area contributed by atoms with Gasteiger partial charge in [0.1, 0.15) is 0 Å². The maximum Gasteiger partial charge on any atom is 0.230 e. The summed E-state index contributed by atoms with van der Waals surface area (Å²) in [4.78, 5) is 13.7. The number of nitrogens with zero attached hydrogens (tertiary/aromatic N) is 2. The van der Waals surface area contributed by atoms with E-state index in [1.807, 2.05) is 0 Å². The van der Waals surface area contributed by atoms with Gasteiger partial charge >= 0.3 is 0 Å². The summed E-state index contributed by atoms with van der Waals surface area (Å²) in [6.07, 6.45) is 2.10. The second-order valence-electron chi connectivity index (χ2n) is 1.33. The van der Waals surface area contributed by atoms with Crippen molar-refractivity contribution in [2.45, 2.75) is 0 Å². The van der Waals surface area contributed by atoms with Crippen molar-refractivity contribution in [1.82, 2.24) is 4.98 Å². The van der Waals surface area contributed by atoms with Crippen LogP contribution in [0.3, 0.4) is 0 Å². The lowest BCUT2D eigenvalue weighted by atomic mass is 11.0. The highest BCUT2D eigenvalue weighted by atomic mass is 32.1. The van der Waals surface area contributed by atoms with Crippen LogP contribution in [0, 0.1) is 0 Å². The van der Waals surface area contributed by atoms with Crippen molar-refractivity contribution in [2.75, 3.05) is 5.01 Å². The highest BCUT2D eigenvalue weighted by molar-refractivity contribution is 7.13. The zero-order valence-electron chi connectivity index (χ0n) is 4.52. The Labute approximate surface area is 55.9 Å². The zero-order chi connectivity index (χ0) is 6.69. The lowest BCUT2D eigenvalue weighted by Gasteiger charge is -2.01. The van der Waals surface area contributed by atoms with Crippen LogP contribution in [0.1, 0.15) is 0 Å². The first kappa shape index (κ1) is 6.18. The van der Waals surface area contributed by atoms with Crippen LogP contribution in [0.4, 0.5) is 5.13 Å². The maximum absolute atomic E-state index is 9.97. The minimum Gasteiger partial charge on any atom is -0.277 e. The fourth-order valence-corrected chi connectivity index (χ4v) is 0.918. The highest BCUT2D eigenvalue weighted by Gasteiger charge is 1.98. The van der Waals surface area contributed by atoms with Crippen LogP contribution in [-0.4, -0.2) is 11.4 Å². The summed E-state index contributed by atoms with van der Waals surface area (Å²) in [7, 11) is 0. The lowest BCUT2D eigenvalue weighted by molar-refractivity contribution is -0.107. The molecule has 4 nitrogen and oxygen atoms in total. The summed E-state index contributed by atoms with van der Waals surface area (Å²) >= 11 is 1.31. The first-order valence-electron chi connectivity index (χ1n) is 2.23. The first-order valence-corrected chi connectivity index (χ1v) is 3.11. The van der Waals surface area contributed by atoms with Gasteiger partial charge in [-0.15, -0.1) is 11.3 Å². The largest absolute Gasteiger partial charge is 0.277 e. The Morgan fingerprint density at radius 3 is 3.11 bits per heavy atom. The molecule has 0 aliphatic rings. The average molecular weight is 143 g/mol. The Bertz CT molecular complexity index is 186. The van der Waals surface area contributed by atoms with Gasteiger partial charge < -0.3 is 0 Å². The van der Waals surface area contributed by atoms with E-state index >= 15 is 0 Å². The summed E-state index contributed by atoms with van der Waals surface area (Å²) in [5, 5.41) is 3.19. The molecule has 9 heavy (non-hydrogen) atoms. The SMILES string of the molecule is NN(C=O)c1nccs1. The van der Waals surface area contributed by atoms with Crippen molar-refractivity contribution in [3.05, 3.63) is 11.6 Å². The summed E-state index contributed by atoms with van der Waals surface area (Å²) in [6, 6.07) is 0. The van der Waals surface area contributed by atoms with Gasteiger partial charge in [-0.25, -0.2) is 15.8 Å². The topological polar surface area (TPSA) is 59.2 Å². The van der Waals surface area contributed by atoms with Crippen LogP contribution < -0.4 is 10.9 Å². The second kappa shape index (κ2) is 2.56. The van der Waals surface area contributed by atoms with E-state index in [2.05, 4.69) is 4.98 Å². The molecule has 0 radical (unpaired) electrons. The molecule has 1 aromatic heterocycles. The van der Waals surface area contributed by atoms with Crippen molar-refractivity contribution in [3.63, 3.8) is 0 Å². The van der Waals surface area contributed by atoms with Gasteiger partial charge in [0.15, 0.2) is 0 Å². The third kappa shape index (κ3) is 1.24. The van der Waals surface area contributed by atoms with E-state index < -0.39 is 0 Å². The van der Waals surface area contributed by atoms with E-state index in [-0.39, 0.29) is 0 Å². The van der Waals surface area contributed by atoms with E-state index in [1.54, 1.807) is 11.6 Å². The molecule has 0 aliphatic heterocycles. The van der Waals surface area contributed by atoms with Crippen LogP contribution in [0.5, 0.6) is 0 Å². The quantitative estimate of drug-likeness (QED) is 0.274.